The number of halogens is 1. The van der Waals surface area contributed by atoms with Crippen LogP contribution in [0.3, 0.4) is 0 Å². The lowest BCUT2D eigenvalue weighted by Crippen LogP contribution is -2.49. The molecule has 3 atom stereocenters. The predicted molar refractivity (Wildman–Crippen MR) is 76.2 cm³/mol. The van der Waals surface area contributed by atoms with E-state index in [0.29, 0.717) is 3.92 Å². The number of alkyl halides is 1. The van der Waals surface area contributed by atoms with Gasteiger partial charge in [-0.25, -0.2) is 0 Å². The Kier molecular flexibility index (Phi) is 6.66. The first-order valence-electron chi connectivity index (χ1n) is 6.36. The lowest BCUT2D eigenvalue weighted by Gasteiger charge is -2.42. The van der Waals surface area contributed by atoms with Gasteiger partial charge in [0.25, 0.3) is 0 Å². The summed E-state index contributed by atoms with van der Waals surface area (Å²) in [5, 5.41) is 0. The van der Waals surface area contributed by atoms with Crippen molar-refractivity contribution in [3.05, 3.63) is 0 Å². The van der Waals surface area contributed by atoms with E-state index in [9.17, 15) is 0 Å². The third kappa shape index (κ3) is 3.88. The van der Waals surface area contributed by atoms with Gasteiger partial charge in [-0.2, -0.15) is 0 Å². The highest BCUT2D eigenvalue weighted by Gasteiger charge is 2.42. The van der Waals surface area contributed by atoms with Crippen molar-refractivity contribution in [1.82, 2.24) is 0 Å². The highest BCUT2D eigenvalue weighted by molar-refractivity contribution is 14.1. The third-order valence-electron chi connectivity index (χ3n) is 3.01. The Morgan fingerprint density at radius 3 is 2.75 bits per heavy atom. The summed E-state index contributed by atoms with van der Waals surface area (Å²) in [5.74, 6) is -0.426. The SMILES string of the molecule is [B]C(CC)OC1(OCCC)CCCCC1I. The number of hydrogen-bond acceptors (Lipinski definition) is 2. The van der Waals surface area contributed by atoms with Gasteiger partial charge in [0.05, 0.1) is 3.92 Å². The van der Waals surface area contributed by atoms with E-state index in [4.69, 9.17) is 17.3 Å². The maximum absolute atomic E-state index is 5.99. The van der Waals surface area contributed by atoms with Gasteiger partial charge in [0.1, 0.15) is 7.85 Å². The molecular weight excluding hydrogens is 314 g/mol. The Morgan fingerprint density at radius 2 is 2.19 bits per heavy atom. The van der Waals surface area contributed by atoms with Crippen LogP contribution in [0.2, 0.25) is 0 Å². The molecule has 3 unspecified atom stereocenters. The summed E-state index contributed by atoms with van der Waals surface area (Å²) in [7, 11) is 5.92. The standard InChI is InChI=1S/C12H22BIO2/c1-3-9-15-12(16-11(13)4-2)8-6-5-7-10(12)14/h10-11H,3-9H2,1-2H3. The van der Waals surface area contributed by atoms with Gasteiger partial charge in [0, 0.05) is 19.0 Å². The molecule has 0 aromatic carbocycles. The number of ether oxygens (including phenoxy) is 2. The molecule has 1 aliphatic rings. The monoisotopic (exact) mass is 336 g/mol. The Morgan fingerprint density at radius 1 is 1.44 bits per heavy atom. The molecule has 0 aromatic rings. The molecule has 0 bridgehead atoms. The molecule has 0 aliphatic heterocycles. The van der Waals surface area contributed by atoms with Crippen molar-refractivity contribution in [2.75, 3.05) is 6.61 Å². The summed E-state index contributed by atoms with van der Waals surface area (Å²) in [6.07, 6.45) is 6.46. The quantitative estimate of drug-likeness (QED) is 0.320. The largest absolute Gasteiger partial charge is 0.356 e. The fourth-order valence-corrected chi connectivity index (χ4v) is 3.09. The molecule has 4 heteroatoms. The predicted octanol–water partition coefficient (Wildman–Crippen LogP) is 3.41. The maximum Gasteiger partial charge on any atom is 0.179 e. The number of hydrogen-bond donors (Lipinski definition) is 0. The Hall–Kier alpha value is 0.715. The van der Waals surface area contributed by atoms with Crippen LogP contribution in [0.15, 0.2) is 0 Å². The Balaban J connectivity index is 2.65. The normalized spacial score (nSPS) is 32.6. The van der Waals surface area contributed by atoms with Gasteiger partial charge in [-0.05, 0) is 25.7 Å². The lowest BCUT2D eigenvalue weighted by molar-refractivity contribution is -0.253. The van der Waals surface area contributed by atoms with E-state index in [0.717, 1.165) is 25.9 Å². The zero-order chi connectivity index (χ0) is 12.0. The molecule has 1 saturated carbocycles. The molecular formula is C12H22BIO2. The van der Waals surface area contributed by atoms with Crippen molar-refractivity contribution in [2.24, 2.45) is 0 Å². The van der Waals surface area contributed by atoms with Gasteiger partial charge in [-0.1, -0.05) is 42.9 Å². The lowest BCUT2D eigenvalue weighted by atomic mass is 9.91. The molecule has 1 fully saturated rings. The van der Waals surface area contributed by atoms with Crippen molar-refractivity contribution in [2.45, 2.75) is 68.1 Å². The third-order valence-corrected chi connectivity index (χ3v) is 4.59. The van der Waals surface area contributed by atoms with Gasteiger partial charge < -0.3 is 9.47 Å². The van der Waals surface area contributed by atoms with E-state index in [2.05, 4.69) is 29.5 Å². The summed E-state index contributed by atoms with van der Waals surface area (Å²) in [6.45, 7) is 4.93. The molecule has 0 amide bonds. The van der Waals surface area contributed by atoms with E-state index >= 15 is 0 Å². The minimum atomic E-state index is -0.426. The van der Waals surface area contributed by atoms with Crippen LogP contribution >= 0.6 is 22.6 Å². The van der Waals surface area contributed by atoms with Crippen LogP contribution in [0.25, 0.3) is 0 Å². The van der Waals surface area contributed by atoms with Crippen LogP contribution in [0.1, 0.15) is 52.4 Å². The first kappa shape index (κ1) is 14.8. The van der Waals surface area contributed by atoms with Gasteiger partial charge in [-0.3, -0.25) is 0 Å². The van der Waals surface area contributed by atoms with Gasteiger partial charge in [-0.15, -0.1) is 0 Å². The molecule has 0 N–H and O–H groups in total. The molecule has 1 aliphatic carbocycles. The second kappa shape index (κ2) is 7.22. The molecule has 2 radical (unpaired) electrons. The summed E-state index contributed by atoms with van der Waals surface area (Å²) in [6, 6.07) is -0.202. The fourth-order valence-electron chi connectivity index (χ4n) is 2.02. The fraction of sp³-hybridized carbons (Fsp3) is 1.00. The second-order valence-corrected chi connectivity index (χ2v) is 5.94. The summed E-state index contributed by atoms with van der Waals surface area (Å²) < 4.78 is 12.4. The Bertz CT molecular complexity index is 203. The van der Waals surface area contributed by atoms with Gasteiger partial charge in [0.15, 0.2) is 5.79 Å². The van der Waals surface area contributed by atoms with E-state index in [1.807, 2.05) is 6.92 Å². The summed E-state index contributed by atoms with van der Waals surface area (Å²) in [5.41, 5.74) is 0. The first-order chi connectivity index (χ1) is 7.64. The van der Waals surface area contributed by atoms with E-state index in [1.165, 1.54) is 19.3 Å². The molecule has 16 heavy (non-hydrogen) atoms. The Labute approximate surface area is 114 Å². The zero-order valence-electron chi connectivity index (χ0n) is 10.4. The minimum absolute atomic E-state index is 0.202. The van der Waals surface area contributed by atoms with E-state index in [1.54, 1.807) is 0 Å². The zero-order valence-corrected chi connectivity index (χ0v) is 12.5. The van der Waals surface area contributed by atoms with Crippen LogP contribution in [0.4, 0.5) is 0 Å². The smallest absolute Gasteiger partial charge is 0.179 e. The van der Waals surface area contributed by atoms with Crippen molar-refractivity contribution >= 4 is 30.4 Å². The second-order valence-electron chi connectivity index (χ2n) is 4.44. The molecule has 0 heterocycles. The molecule has 0 saturated heterocycles. The first-order valence-corrected chi connectivity index (χ1v) is 7.60. The van der Waals surface area contributed by atoms with E-state index < -0.39 is 5.79 Å². The molecule has 92 valence electrons. The molecule has 0 spiro atoms. The molecule has 2 nitrogen and oxygen atoms in total. The highest BCUT2D eigenvalue weighted by Crippen LogP contribution is 2.39. The topological polar surface area (TPSA) is 18.5 Å². The van der Waals surface area contributed by atoms with Crippen LogP contribution < -0.4 is 0 Å². The summed E-state index contributed by atoms with van der Waals surface area (Å²) >= 11 is 2.46. The summed E-state index contributed by atoms with van der Waals surface area (Å²) in [4.78, 5) is 0. The average Bonchev–Trinajstić information content (AvgIpc) is 2.30. The van der Waals surface area contributed by atoms with Crippen molar-refractivity contribution < 1.29 is 9.47 Å². The van der Waals surface area contributed by atoms with Crippen molar-refractivity contribution in [1.29, 1.82) is 0 Å². The van der Waals surface area contributed by atoms with Crippen LogP contribution in [-0.4, -0.2) is 30.2 Å². The van der Waals surface area contributed by atoms with Crippen LogP contribution in [0.5, 0.6) is 0 Å². The average molecular weight is 336 g/mol. The van der Waals surface area contributed by atoms with Crippen LogP contribution in [0, 0.1) is 0 Å². The molecule has 0 aromatic heterocycles. The van der Waals surface area contributed by atoms with E-state index in [-0.39, 0.29) is 6.00 Å². The highest BCUT2D eigenvalue weighted by atomic mass is 127. The molecule has 1 rings (SSSR count). The minimum Gasteiger partial charge on any atom is -0.356 e. The van der Waals surface area contributed by atoms with Gasteiger partial charge >= 0.3 is 0 Å². The maximum atomic E-state index is 5.99. The van der Waals surface area contributed by atoms with Crippen molar-refractivity contribution in [3.8, 4) is 0 Å². The van der Waals surface area contributed by atoms with Crippen LogP contribution in [-0.2, 0) is 9.47 Å². The van der Waals surface area contributed by atoms with Gasteiger partial charge in [0.2, 0.25) is 0 Å². The van der Waals surface area contributed by atoms with Crippen molar-refractivity contribution in [3.63, 3.8) is 0 Å². The number of rotatable bonds is 6.